The van der Waals surface area contributed by atoms with Crippen molar-refractivity contribution in [1.29, 1.82) is 0 Å². The Morgan fingerprint density at radius 2 is 1.47 bits per heavy atom. The summed E-state index contributed by atoms with van der Waals surface area (Å²) in [5.74, 6) is -1.68. The topological polar surface area (TPSA) is 96.0 Å². The van der Waals surface area contributed by atoms with E-state index in [0.717, 1.165) is 9.91 Å². The van der Waals surface area contributed by atoms with Crippen molar-refractivity contribution in [2.24, 2.45) is 0 Å². The van der Waals surface area contributed by atoms with Crippen LogP contribution in [-0.4, -0.2) is 41.3 Å². The van der Waals surface area contributed by atoms with Gasteiger partial charge in [0.05, 0.1) is 18.5 Å². The molecule has 4 rings (SSSR count). The maximum Gasteiger partial charge on any atom is 0.276 e. The lowest BCUT2D eigenvalue weighted by atomic mass is 10.1. The Kier molecular flexibility index (Phi) is 6.98. The molecule has 0 radical (unpaired) electrons. The number of benzene rings is 3. The first-order valence-electron chi connectivity index (χ1n) is 10.8. The zero-order valence-corrected chi connectivity index (χ0v) is 18.3. The third kappa shape index (κ3) is 5.29. The van der Waals surface area contributed by atoms with Crippen molar-refractivity contribution < 1.29 is 23.9 Å². The highest BCUT2D eigenvalue weighted by Gasteiger charge is 2.45. The Morgan fingerprint density at radius 1 is 0.882 bits per heavy atom. The van der Waals surface area contributed by atoms with E-state index < -0.39 is 29.7 Å². The van der Waals surface area contributed by atoms with Crippen LogP contribution in [0.5, 0.6) is 5.75 Å². The maximum absolute atomic E-state index is 13.2. The molecule has 8 heteroatoms. The summed E-state index contributed by atoms with van der Waals surface area (Å²) in [7, 11) is 0. The Balaban J connectivity index is 1.53. The summed E-state index contributed by atoms with van der Waals surface area (Å²) >= 11 is 0. The summed E-state index contributed by atoms with van der Waals surface area (Å²) in [6.07, 6.45) is -0.294. The van der Waals surface area contributed by atoms with E-state index in [9.17, 15) is 19.2 Å². The van der Waals surface area contributed by atoms with E-state index in [1.165, 1.54) is 0 Å². The first kappa shape index (κ1) is 22.7. The molecule has 1 fully saturated rings. The number of hydrazine groups is 1. The fourth-order valence-electron chi connectivity index (χ4n) is 3.67. The van der Waals surface area contributed by atoms with Gasteiger partial charge in [-0.05, 0) is 29.8 Å². The fraction of sp³-hybridized carbons (Fsp3) is 0.154. The van der Waals surface area contributed by atoms with E-state index in [4.69, 9.17) is 4.74 Å². The van der Waals surface area contributed by atoms with Gasteiger partial charge in [-0.2, -0.15) is 0 Å². The number of ether oxygens (including phenoxy) is 1. The molecule has 0 spiro atoms. The molecular formula is C26H23N3O5. The van der Waals surface area contributed by atoms with Crippen LogP contribution in [0.25, 0.3) is 0 Å². The molecule has 1 aliphatic heterocycles. The number of nitrogens with zero attached hydrogens (tertiary/aromatic N) is 2. The number of amides is 4. The average molecular weight is 457 g/mol. The molecule has 172 valence electrons. The van der Waals surface area contributed by atoms with Crippen LogP contribution >= 0.6 is 0 Å². The van der Waals surface area contributed by atoms with Crippen LogP contribution in [0.2, 0.25) is 0 Å². The number of hydrogen-bond acceptors (Lipinski definition) is 5. The monoisotopic (exact) mass is 457 g/mol. The van der Waals surface area contributed by atoms with Gasteiger partial charge in [-0.1, -0.05) is 66.7 Å². The molecule has 0 saturated carbocycles. The van der Waals surface area contributed by atoms with Gasteiger partial charge in [0.15, 0.2) is 6.61 Å². The van der Waals surface area contributed by atoms with Crippen molar-refractivity contribution in [1.82, 2.24) is 10.4 Å². The minimum absolute atomic E-state index is 0.0516. The molecule has 8 nitrogen and oxygen atoms in total. The molecule has 4 amide bonds. The number of anilines is 1. The summed E-state index contributed by atoms with van der Waals surface area (Å²) in [6, 6.07) is 25.0. The van der Waals surface area contributed by atoms with Crippen LogP contribution in [0.15, 0.2) is 91.0 Å². The summed E-state index contributed by atoms with van der Waals surface area (Å²) < 4.78 is 5.46. The van der Waals surface area contributed by atoms with Crippen molar-refractivity contribution in [3.8, 4) is 5.75 Å². The zero-order chi connectivity index (χ0) is 23.9. The largest absolute Gasteiger partial charge is 0.484 e. The standard InChI is InChI=1S/C26H23N3O5/c30-23(18-34-21-14-8-3-9-15-21)27-29(25(32)16-19-10-4-1-5-11-19)22-17-24(31)28(26(22)33)20-12-6-2-7-13-20/h1-15,22H,16-18H2,(H,27,30). The van der Waals surface area contributed by atoms with E-state index in [-0.39, 0.29) is 19.4 Å². The lowest BCUT2D eigenvalue weighted by Crippen LogP contribution is -2.56. The summed E-state index contributed by atoms with van der Waals surface area (Å²) in [4.78, 5) is 52.8. The number of hydrogen-bond donors (Lipinski definition) is 1. The summed E-state index contributed by atoms with van der Waals surface area (Å²) in [5.41, 5.74) is 3.62. The smallest absolute Gasteiger partial charge is 0.276 e. The van der Waals surface area contributed by atoms with Gasteiger partial charge in [-0.3, -0.25) is 24.6 Å². The highest BCUT2D eigenvalue weighted by Crippen LogP contribution is 2.25. The van der Waals surface area contributed by atoms with Gasteiger partial charge in [-0.25, -0.2) is 9.91 Å². The first-order valence-corrected chi connectivity index (χ1v) is 10.8. The van der Waals surface area contributed by atoms with Crippen LogP contribution in [0.1, 0.15) is 12.0 Å². The molecule has 1 saturated heterocycles. The molecule has 1 N–H and O–H groups in total. The Labute approximate surface area is 196 Å². The Bertz CT molecular complexity index is 1170. The molecule has 0 bridgehead atoms. The molecule has 3 aromatic rings. The normalized spacial score (nSPS) is 15.2. The second kappa shape index (κ2) is 10.4. The maximum atomic E-state index is 13.2. The highest BCUT2D eigenvalue weighted by atomic mass is 16.5. The van der Waals surface area contributed by atoms with Gasteiger partial charge in [0.1, 0.15) is 11.8 Å². The number of carbonyl (C=O) groups excluding carboxylic acids is 4. The zero-order valence-electron chi connectivity index (χ0n) is 18.3. The number of imide groups is 1. The van der Waals surface area contributed by atoms with Crippen molar-refractivity contribution in [3.63, 3.8) is 0 Å². The fourth-order valence-corrected chi connectivity index (χ4v) is 3.67. The van der Waals surface area contributed by atoms with E-state index in [1.807, 2.05) is 12.1 Å². The molecule has 0 aliphatic carbocycles. The number of para-hydroxylation sites is 2. The van der Waals surface area contributed by atoms with Gasteiger partial charge in [-0.15, -0.1) is 0 Å². The molecule has 1 atom stereocenters. The van der Waals surface area contributed by atoms with Crippen molar-refractivity contribution in [3.05, 3.63) is 96.6 Å². The SMILES string of the molecule is O=C(COc1ccccc1)NN(C(=O)Cc1ccccc1)C1CC(=O)N(c2ccccc2)C1=O. The van der Waals surface area contributed by atoms with E-state index in [1.54, 1.807) is 78.9 Å². The first-order chi connectivity index (χ1) is 16.5. The van der Waals surface area contributed by atoms with Gasteiger partial charge in [0.25, 0.3) is 11.8 Å². The van der Waals surface area contributed by atoms with E-state index in [2.05, 4.69) is 5.43 Å². The van der Waals surface area contributed by atoms with E-state index in [0.29, 0.717) is 17.0 Å². The number of nitrogens with one attached hydrogen (secondary N) is 1. The average Bonchev–Trinajstić information content (AvgIpc) is 3.16. The third-order valence-corrected chi connectivity index (χ3v) is 5.27. The van der Waals surface area contributed by atoms with Gasteiger partial charge in [0.2, 0.25) is 11.8 Å². The third-order valence-electron chi connectivity index (χ3n) is 5.27. The summed E-state index contributed by atoms with van der Waals surface area (Å²) in [5, 5.41) is 0.965. The summed E-state index contributed by atoms with van der Waals surface area (Å²) in [6.45, 7) is -0.365. The second-order valence-corrected chi connectivity index (χ2v) is 7.69. The number of carbonyl (C=O) groups is 4. The minimum atomic E-state index is -1.16. The Morgan fingerprint density at radius 3 is 2.12 bits per heavy atom. The van der Waals surface area contributed by atoms with E-state index >= 15 is 0 Å². The molecule has 0 aromatic heterocycles. The van der Waals surface area contributed by atoms with Gasteiger partial charge in [0, 0.05) is 0 Å². The molecule has 1 aliphatic rings. The lowest BCUT2D eigenvalue weighted by Gasteiger charge is -2.28. The van der Waals surface area contributed by atoms with Gasteiger partial charge < -0.3 is 4.74 Å². The van der Waals surface area contributed by atoms with Crippen LogP contribution in [-0.2, 0) is 25.6 Å². The molecule has 34 heavy (non-hydrogen) atoms. The van der Waals surface area contributed by atoms with Crippen LogP contribution in [0.3, 0.4) is 0 Å². The lowest BCUT2D eigenvalue weighted by molar-refractivity contribution is -0.147. The predicted molar refractivity (Wildman–Crippen MR) is 124 cm³/mol. The number of rotatable bonds is 7. The molecule has 3 aromatic carbocycles. The molecule has 1 heterocycles. The van der Waals surface area contributed by atoms with Crippen molar-refractivity contribution in [2.75, 3.05) is 11.5 Å². The predicted octanol–water partition coefficient (Wildman–Crippen LogP) is 2.50. The quantitative estimate of drug-likeness (QED) is 0.435. The van der Waals surface area contributed by atoms with Crippen LogP contribution in [0.4, 0.5) is 5.69 Å². The van der Waals surface area contributed by atoms with Gasteiger partial charge >= 0.3 is 0 Å². The second-order valence-electron chi connectivity index (χ2n) is 7.69. The molecular weight excluding hydrogens is 434 g/mol. The van der Waals surface area contributed by atoms with Crippen LogP contribution in [0, 0.1) is 0 Å². The minimum Gasteiger partial charge on any atom is -0.484 e. The van der Waals surface area contributed by atoms with Crippen molar-refractivity contribution in [2.45, 2.75) is 18.9 Å². The van der Waals surface area contributed by atoms with Crippen molar-refractivity contribution >= 4 is 29.3 Å². The molecule has 1 unspecified atom stereocenters. The van der Waals surface area contributed by atoms with Crippen LogP contribution < -0.4 is 15.1 Å². The Hall–Kier alpha value is -4.46. The highest BCUT2D eigenvalue weighted by molar-refractivity contribution is 6.23.